The van der Waals surface area contributed by atoms with Crippen LogP contribution in [-0.4, -0.2) is 23.3 Å². The van der Waals surface area contributed by atoms with Gasteiger partial charge in [0, 0.05) is 17.2 Å². The number of furan rings is 1. The standard InChI is InChI=1S/C15H15N3O5/c1-10-12(5-2-6-13(10)18(21)22)15(20)17-9-14(19)16-8-11-4-3-7-23-11/h2-7H,8-9H2,1H3,(H,16,19)(H,17,20). The van der Waals surface area contributed by atoms with Crippen LogP contribution in [0, 0.1) is 17.0 Å². The second kappa shape index (κ2) is 7.21. The summed E-state index contributed by atoms with van der Waals surface area (Å²) in [6, 6.07) is 7.64. The smallest absolute Gasteiger partial charge is 0.273 e. The van der Waals surface area contributed by atoms with Crippen molar-refractivity contribution in [3.63, 3.8) is 0 Å². The van der Waals surface area contributed by atoms with Crippen LogP contribution in [0.3, 0.4) is 0 Å². The van der Waals surface area contributed by atoms with E-state index in [0.29, 0.717) is 5.76 Å². The summed E-state index contributed by atoms with van der Waals surface area (Å²) in [7, 11) is 0. The lowest BCUT2D eigenvalue weighted by Crippen LogP contribution is -2.36. The van der Waals surface area contributed by atoms with Crippen LogP contribution < -0.4 is 10.6 Å². The van der Waals surface area contributed by atoms with E-state index in [1.807, 2.05) is 0 Å². The molecule has 120 valence electrons. The summed E-state index contributed by atoms with van der Waals surface area (Å²) in [5, 5.41) is 15.9. The number of nitrogens with one attached hydrogen (secondary N) is 2. The summed E-state index contributed by atoms with van der Waals surface area (Å²) in [6.45, 7) is 1.48. The molecule has 0 saturated heterocycles. The zero-order valence-corrected chi connectivity index (χ0v) is 12.4. The Morgan fingerprint density at radius 3 is 2.65 bits per heavy atom. The monoisotopic (exact) mass is 317 g/mol. The molecule has 2 amide bonds. The fourth-order valence-electron chi connectivity index (χ4n) is 1.98. The normalized spacial score (nSPS) is 10.1. The van der Waals surface area contributed by atoms with E-state index in [1.54, 1.807) is 12.1 Å². The summed E-state index contributed by atoms with van der Waals surface area (Å²) in [5.74, 6) is -0.337. The average molecular weight is 317 g/mol. The molecule has 0 saturated carbocycles. The van der Waals surface area contributed by atoms with Crippen molar-refractivity contribution in [1.29, 1.82) is 0 Å². The lowest BCUT2D eigenvalue weighted by molar-refractivity contribution is -0.385. The third kappa shape index (κ3) is 4.16. The number of hydrogen-bond acceptors (Lipinski definition) is 5. The van der Waals surface area contributed by atoms with Crippen LogP contribution in [0.1, 0.15) is 21.7 Å². The van der Waals surface area contributed by atoms with Gasteiger partial charge in [-0.05, 0) is 25.1 Å². The number of nitro groups is 1. The first-order valence-corrected chi connectivity index (χ1v) is 6.80. The lowest BCUT2D eigenvalue weighted by Gasteiger charge is -2.08. The van der Waals surface area contributed by atoms with Gasteiger partial charge in [0.1, 0.15) is 5.76 Å². The van der Waals surface area contributed by atoms with Crippen molar-refractivity contribution < 1.29 is 18.9 Å². The van der Waals surface area contributed by atoms with Gasteiger partial charge in [-0.3, -0.25) is 19.7 Å². The molecule has 1 aromatic heterocycles. The quantitative estimate of drug-likeness (QED) is 0.619. The van der Waals surface area contributed by atoms with Gasteiger partial charge >= 0.3 is 0 Å². The lowest BCUT2D eigenvalue weighted by atomic mass is 10.1. The molecule has 0 aliphatic rings. The maximum atomic E-state index is 12.0. The minimum absolute atomic E-state index is 0.139. The average Bonchev–Trinajstić information content (AvgIpc) is 3.04. The van der Waals surface area contributed by atoms with Crippen molar-refractivity contribution in [2.75, 3.05) is 6.54 Å². The van der Waals surface area contributed by atoms with E-state index in [9.17, 15) is 19.7 Å². The van der Waals surface area contributed by atoms with Gasteiger partial charge in [0.05, 0.1) is 24.3 Å². The van der Waals surface area contributed by atoms with E-state index in [4.69, 9.17) is 4.42 Å². The zero-order valence-electron chi connectivity index (χ0n) is 12.4. The van der Waals surface area contributed by atoms with Crippen LogP contribution in [0.25, 0.3) is 0 Å². The van der Waals surface area contributed by atoms with E-state index in [-0.39, 0.29) is 29.9 Å². The van der Waals surface area contributed by atoms with Crippen molar-refractivity contribution in [2.24, 2.45) is 0 Å². The van der Waals surface area contributed by atoms with Gasteiger partial charge in [-0.1, -0.05) is 6.07 Å². The number of carbonyl (C=O) groups excluding carboxylic acids is 2. The Hall–Kier alpha value is -3.16. The first-order chi connectivity index (χ1) is 11.0. The molecule has 8 heteroatoms. The third-order valence-corrected chi connectivity index (χ3v) is 3.20. The first-order valence-electron chi connectivity index (χ1n) is 6.80. The van der Waals surface area contributed by atoms with Crippen LogP contribution in [0.4, 0.5) is 5.69 Å². The number of rotatable bonds is 6. The molecule has 8 nitrogen and oxygen atoms in total. The zero-order chi connectivity index (χ0) is 16.8. The van der Waals surface area contributed by atoms with Gasteiger partial charge in [0.15, 0.2) is 0 Å². The highest BCUT2D eigenvalue weighted by atomic mass is 16.6. The van der Waals surface area contributed by atoms with Crippen LogP contribution in [0.15, 0.2) is 41.0 Å². The Kier molecular flexibility index (Phi) is 5.08. The van der Waals surface area contributed by atoms with Crippen molar-refractivity contribution in [2.45, 2.75) is 13.5 Å². The Morgan fingerprint density at radius 2 is 2.00 bits per heavy atom. The van der Waals surface area contributed by atoms with Gasteiger partial charge in [0.25, 0.3) is 11.6 Å². The predicted molar refractivity (Wildman–Crippen MR) is 80.7 cm³/mol. The number of amides is 2. The van der Waals surface area contributed by atoms with Gasteiger partial charge in [-0.15, -0.1) is 0 Å². The van der Waals surface area contributed by atoms with E-state index >= 15 is 0 Å². The molecule has 2 rings (SSSR count). The number of nitrogens with zero attached hydrogens (tertiary/aromatic N) is 1. The number of hydrogen-bond donors (Lipinski definition) is 2. The highest BCUT2D eigenvalue weighted by Gasteiger charge is 2.18. The molecule has 0 radical (unpaired) electrons. The Morgan fingerprint density at radius 1 is 1.22 bits per heavy atom. The maximum absolute atomic E-state index is 12.0. The minimum atomic E-state index is -0.553. The summed E-state index contributed by atoms with van der Waals surface area (Å²) in [6.07, 6.45) is 1.49. The van der Waals surface area contributed by atoms with Crippen molar-refractivity contribution in [1.82, 2.24) is 10.6 Å². The van der Waals surface area contributed by atoms with Gasteiger partial charge < -0.3 is 15.1 Å². The molecule has 0 aliphatic heterocycles. The van der Waals surface area contributed by atoms with Crippen molar-refractivity contribution in [3.05, 3.63) is 63.6 Å². The molecule has 2 aromatic rings. The molecule has 1 aromatic carbocycles. The highest BCUT2D eigenvalue weighted by Crippen LogP contribution is 2.20. The predicted octanol–water partition coefficient (Wildman–Crippen LogP) is 1.54. The van der Waals surface area contributed by atoms with Gasteiger partial charge in [0.2, 0.25) is 5.91 Å². The summed E-state index contributed by atoms with van der Waals surface area (Å²) < 4.78 is 5.06. The Labute approximate surface area is 131 Å². The van der Waals surface area contributed by atoms with Gasteiger partial charge in [-0.25, -0.2) is 0 Å². The Bertz CT molecular complexity index is 725. The molecule has 0 aliphatic carbocycles. The molecule has 0 unspecified atom stereocenters. The van der Waals surface area contributed by atoms with Crippen LogP contribution in [0.2, 0.25) is 0 Å². The number of benzene rings is 1. The summed E-state index contributed by atoms with van der Waals surface area (Å²) >= 11 is 0. The van der Waals surface area contributed by atoms with E-state index in [2.05, 4.69) is 10.6 Å². The molecular formula is C15H15N3O5. The topological polar surface area (TPSA) is 114 Å². The SMILES string of the molecule is Cc1c(C(=O)NCC(=O)NCc2ccco2)cccc1[N+](=O)[O-]. The summed E-state index contributed by atoms with van der Waals surface area (Å²) in [4.78, 5) is 34.0. The van der Waals surface area contributed by atoms with Gasteiger partial charge in [-0.2, -0.15) is 0 Å². The second-order valence-electron chi connectivity index (χ2n) is 4.75. The van der Waals surface area contributed by atoms with Crippen LogP contribution >= 0.6 is 0 Å². The number of nitro benzene ring substituents is 1. The summed E-state index contributed by atoms with van der Waals surface area (Å²) in [5.41, 5.74) is 0.281. The molecule has 23 heavy (non-hydrogen) atoms. The molecule has 1 heterocycles. The first kappa shape index (κ1) is 16.2. The molecule has 0 atom stereocenters. The fraction of sp³-hybridized carbons (Fsp3) is 0.200. The Balaban J connectivity index is 1.91. The van der Waals surface area contributed by atoms with Crippen LogP contribution in [-0.2, 0) is 11.3 Å². The largest absolute Gasteiger partial charge is 0.467 e. The van der Waals surface area contributed by atoms with E-state index in [1.165, 1.54) is 31.4 Å². The molecule has 0 spiro atoms. The minimum Gasteiger partial charge on any atom is -0.467 e. The molecule has 0 fully saturated rings. The number of carbonyl (C=O) groups is 2. The van der Waals surface area contributed by atoms with E-state index in [0.717, 1.165) is 0 Å². The second-order valence-corrected chi connectivity index (χ2v) is 4.75. The van der Waals surface area contributed by atoms with Crippen molar-refractivity contribution >= 4 is 17.5 Å². The highest BCUT2D eigenvalue weighted by molar-refractivity contribution is 5.98. The maximum Gasteiger partial charge on any atom is 0.273 e. The molecule has 0 bridgehead atoms. The van der Waals surface area contributed by atoms with E-state index < -0.39 is 16.7 Å². The third-order valence-electron chi connectivity index (χ3n) is 3.20. The van der Waals surface area contributed by atoms with Crippen LogP contribution in [0.5, 0.6) is 0 Å². The van der Waals surface area contributed by atoms with Crippen molar-refractivity contribution in [3.8, 4) is 0 Å². The molecule has 2 N–H and O–H groups in total. The fourth-order valence-corrected chi connectivity index (χ4v) is 1.98. The molecular weight excluding hydrogens is 302 g/mol.